The number of hydrogen-bond donors (Lipinski definition) is 1. The van der Waals surface area contributed by atoms with Crippen LogP contribution in [0.4, 0.5) is 0 Å². The van der Waals surface area contributed by atoms with Crippen LogP contribution in [0.5, 0.6) is 11.5 Å². The smallest absolute Gasteiger partial charge is 0.160 e. The number of methoxy groups -OCH3 is 2. The van der Waals surface area contributed by atoms with Gasteiger partial charge in [-0.25, -0.2) is 0 Å². The summed E-state index contributed by atoms with van der Waals surface area (Å²) < 4.78 is 15.7. The largest absolute Gasteiger partial charge is 0.493 e. The number of hydrogen-bond acceptors (Lipinski definition) is 4. The topological polar surface area (TPSA) is 39.7 Å². The lowest BCUT2D eigenvalue weighted by molar-refractivity contribution is 0.149. The van der Waals surface area contributed by atoms with Crippen LogP contribution in [0.3, 0.4) is 0 Å². The minimum Gasteiger partial charge on any atom is -0.493 e. The van der Waals surface area contributed by atoms with E-state index < -0.39 is 0 Å². The maximum Gasteiger partial charge on any atom is 0.160 e. The predicted octanol–water partition coefficient (Wildman–Crippen LogP) is 1.87. The van der Waals surface area contributed by atoms with Gasteiger partial charge in [0.1, 0.15) is 0 Å². The lowest BCUT2D eigenvalue weighted by Crippen LogP contribution is -2.22. The fourth-order valence-electron chi connectivity index (χ4n) is 1.68. The van der Waals surface area contributed by atoms with Crippen molar-refractivity contribution in [2.75, 3.05) is 40.5 Å². The van der Waals surface area contributed by atoms with Crippen molar-refractivity contribution in [2.45, 2.75) is 13.3 Å². The molecule has 0 aliphatic carbocycles. The molecule has 0 aliphatic heterocycles. The molecule has 4 heteroatoms. The number of benzene rings is 1. The van der Waals surface area contributed by atoms with Gasteiger partial charge in [0.15, 0.2) is 11.5 Å². The van der Waals surface area contributed by atoms with Crippen LogP contribution in [0, 0.1) is 0 Å². The van der Waals surface area contributed by atoms with Crippen molar-refractivity contribution in [2.24, 2.45) is 0 Å². The molecule has 4 nitrogen and oxygen atoms in total. The lowest BCUT2D eigenvalue weighted by Gasteiger charge is -2.10. The molecule has 0 atom stereocenters. The fraction of sp³-hybridized carbons (Fsp3) is 0.571. The van der Waals surface area contributed by atoms with E-state index in [1.807, 2.05) is 19.1 Å². The first-order valence-electron chi connectivity index (χ1n) is 6.31. The minimum absolute atomic E-state index is 0.766. The summed E-state index contributed by atoms with van der Waals surface area (Å²) >= 11 is 0. The molecular weight excluding hydrogens is 230 g/mol. The Bertz CT molecular complexity index is 342. The number of ether oxygens (including phenoxy) is 3. The molecule has 0 radical (unpaired) electrons. The first-order chi connectivity index (χ1) is 8.81. The Balaban J connectivity index is 2.34. The summed E-state index contributed by atoms with van der Waals surface area (Å²) in [4.78, 5) is 0. The van der Waals surface area contributed by atoms with Gasteiger partial charge in [0.25, 0.3) is 0 Å². The molecule has 0 saturated carbocycles. The van der Waals surface area contributed by atoms with Crippen LogP contribution in [0.15, 0.2) is 18.2 Å². The van der Waals surface area contributed by atoms with Gasteiger partial charge < -0.3 is 19.5 Å². The normalized spacial score (nSPS) is 10.4. The summed E-state index contributed by atoms with van der Waals surface area (Å²) in [6.45, 7) is 5.37. The third-order valence-electron chi connectivity index (χ3n) is 2.67. The van der Waals surface area contributed by atoms with E-state index >= 15 is 0 Å². The highest BCUT2D eigenvalue weighted by Gasteiger charge is 2.03. The van der Waals surface area contributed by atoms with Gasteiger partial charge in [-0.1, -0.05) is 6.07 Å². The monoisotopic (exact) mass is 253 g/mol. The predicted molar refractivity (Wildman–Crippen MR) is 72.6 cm³/mol. The summed E-state index contributed by atoms with van der Waals surface area (Å²) in [6, 6.07) is 6.02. The molecule has 1 N–H and O–H groups in total. The van der Waals surface area contributed by atoms with E-state index in [-0.39, 0.29) is 0 Å². The average molecular weight is 253 g/mol. The third kappa shape index (κ3) is 4.94. The SMILES string of the molecule is CCOCCNCCc1ccc(OC)c(OC)c1. The highest BCUT2D eigenvalue weighted by Crippen LogP contribution is 2.27. The lowest BCUT2D eigenvalue weighted by atomic mass is 10.1. The van der Waals surface area contributed by atoms with Crippen LogP contribution < -0.4 is 14.8 Å². The van der Waals surface area contributed by atoms with E-state index in [9.17, 15) is 0 Å². The Hall–Kier alpha value is -1.26. The first-order valence-corrected chi connectivity index (χ1v) is 6.31. The second kappa shape index (κ2) is 8.78. The van der Waals surface area contributed by atoms with Crippen molar-refractivity contribution in [3.8, 4) is 11.5 Å². The molecule has 0 bridgehead atoms. The van der Waals surface area contributed by atoms with E-state index in [1.165, 1.54) is 5.56 Å². The molecule has 0 aromatic heterocycles. The summed E-state index contributed by atoms with van der Waals surface area (Å²) in [6.07, 6.45) is 0.965. The molecule has 0 saturated heterocycles. The van der Waals surface area contributed by atoms with Crippen LogP contribution in [0.1, 0.15) is 12.5 Å². The zero-order valence-electron chi connectivity index (χ0n) is 11.5. The van der Waals surface area contributed by atoms with Gasteiger partial charge in [-0.3, -0.25) is 0 Å². The fourth-order valence-corrected chi connectivity index (χ4v) is 1.68. The molecule has 18 heavy (non-hydrogen) atoms. The second-order valence-electron chi connectivity index (χ2n) is 3.89. The highest BCUT2D eigenvalue weighted by molar-refractivity contribution is 5.42. The number of nitrogens with one attached hydrogen (secondary N) is 1. The van der Waals surface area contributed by atoms with E-state index in [1.54, 1.807) is 14.2 Å². The Labute approximate surface area is 109 Å². The molecule has 0 spiro atoms. The molecule has 1 rings (SSSR count). The summed E-state index contributed by atoms with van der Waals surface area (Å²) in [5.74, 6) is 1.55. The highest BCUT2D eigenvalue weighted by atomic mass is 16.5. The third-order valence-corrected chi connectivity index (χ3v) is 2.67. The molecule has 102 valence electrons. The first kappa shape index (κ1) is 14.8. The van der Waals surface area contributed by atoms with Gasteiger partial charge in [0, 0.05) is 13.2 Å². The molecule has 1 aromatic carbocycles. The Kier molecular flexibility index (Phi) is 7.22. The summed E-state index contributed by atoms with van der Waals surface area (Å²) in [7, 11) is 3.30. The molecule has 1 aromatic rings. The van der Waals surface area contributed by atoms with Crippen LogP contribution in [0.2, 0.25) is 0 Å². The standard InChI is InChI=1S/C14H23NO3/c1-4-18-10-9-15-8-7-12-5-6-13(16-2)14(11-12)17-3/h5-6,11,15H,4,7-10H2,1-3H3. The van der Waals surface area contributed by atoms with Gasteiger partial charge in [0.2, 0.25) is 0 Å². The van der Waals surface area contributed by atoms with Crippen molar-refractivity contribution >= 4 is 0 Å². The van der Waals surface area contributed by atoms with Crippen molar-refractivity contribution in [1.82, 2.24) is 5.32 Å². The van der Waals surface area contributed by atoms with Crippen molar-refractivity contribution < 1.29 is 14.2 Å². The van der Waals surface area contributed by atoms with E-state index in [0.29, 0.717) is 0 Å². The zero-order valence-corrected chi connectivity index (χ0v) is 11.5. The number of rotatable bonds is 9. The molecule has 0 fully saturated rings. The van der Waals surface area contributed by atoms with E-state index in [0.717, 1.165) is 44.2 Å². The zero-order chi connectivity index (χ0) is 13.2. The quantitative estimate of drug-likeness (QED) is 0.682. The summed E-state index contributed by atoms with van der Waals surface area (Å²) in [5.41, 5.74) is 1.23. The second-order valence-corrected chi connectivity index (χ2v) is 3.89. The van der Waals surface area contributed by atoms with Crippen LogP contribution in [0.25, 0.3) is 0 Å². The minimum atomic E-state index is 0.766. The van der Waals surface area contributed by atoms with Crippen molar-refractivity contribution in [3.63, 3.8) is 0 Å². The van der Waals surface area contributed by atoms with Crippen LogP contribution in [-0.2, 0) is 11.2 Å². The van der Waals surface area contributed by atoms with Crippen LogP contribution in [-0.4, -0.2) is 40.5 Å². The molecule has 0 unspecified atom stereocenters. The van der Waals surface area contributed by atoms with Crippen LogP contribution >= 0.6 is 0 Å². The summed E-state index contributed by atoms with van der Waals surface area (Å²) in [5, 5.41) is 3.34. The Morgan fingerprint density at radius 3 is 2.50 bits per heavy atom. The van der Waals surface area contributed by atoms with E-state index in [2.05, 4.69) is 11.4 Å². The molecule has 0 amide bonds. The Morgan fingerprint density at radius 2 is 1.83 bits per heavy atom. The maximum absolute atomic E-state index is 5.27. The van der Waals surface area contributed by atoms with Gasteiger partial charge in [0.05, 0.1) is 20.8 Å². The van der Waals surface area contributed by atoms with Crippen molar-refractivity contribution in [3.05, 3.63) is 23.8 Å². The van der Waals surface area contributed by atoms with E-state index in [4.69, 9.17) is 14.2 Å². The Morgan fingerprint density at radius 1 is 1.06 bits per heavy atom. The van der Waals surface area contributed by atoms with Crippen molar-refractivity contribution in [1.29, 1.82) is 0 Å². The molecular formula is C14H23NO3. The van der Waals surface area contributed by atoms with Gasteiger partial charge >= 0.3 is 0 Å². The van der Waals surface area contributed by atoms with Gasteiger partial charge in [-0.05, 0) is 37.6 Å². The van der Waals surface area contributed by atoms with Gasteiger partial charge in [-0.2, -0.15) is 0 Å². The average Bonchev–Trinajstić information content (AvgIpc) is 2.42. The maximum atomic E-state index is 5.27. The molecule has 0 heterocycles. The molecule has 0 aliphatic rings. The van der Waals surface area contributed by atoms with Gasteiger partial charge in [-0.15, -0.1) is 0 Å².